The monoisotopic (exact) mass is 201 g/mol. The molecule has 0 aliphatic heterocycles. The molecule has 76 valence electrons. The third kappa shape index (κ3) is 1.79. The van der Waals surface area contributed by atoms with Gasteiger partial charge in [0.2, 0.25) is 0 Å². The van der Waals surface area contributed by atoms with Crippen LogP contribution in [0.15, 0.2) is 35.3 Å². The molecule has 0 bridgehead atoms. The Bertz CT molecular complexity index is 546. The van der Waals surface area contributed by atoms with Gasteiger partial charge in [-0.15, -0.1) is 0 Å². The molecule has 2 aromatic heterocycles. The van der Waals surface area contributed by atoms with E-state index in [2.05, 4.69) is 10.1 Å². The predicted octanol–water partition coefficient (Wildman–Crippen LogP) is 1.15. The lowest BCUT2D eigenvalue weighted by atomic mass is 10.1. The molecule has 0 spiro atoms. The first-order valence-corrected chi connectivity index (χ1v) is 4.65. The Morgan fingerprint density at radius 1 is 1.27 bits per heavy atom. The minimum absolute atomic E-state index is 0.111. The molecule has 2 heterocycles. The van der Waals surface area contributed by atoms with Gasteiger partial charge in [0, 0.05) is 30.6 Å². The first-order chi connectivity index (χ1) is 7.18. The molecule has 0 aliphatic rings. The van der Waals surface area contributed by atoms with Crippen LogP contribution in [0.5, 0.6) is 0 Å². The maximum absolute atomic E-state index is 11.2. The van der Waals surface area contributed by atoms with Gasteiger partial charge >= 0.3 is 0 Å². The van der Waals surface area contributed by atoms with Crippen LogP contribution in [-0.4, -0.2) is 14.8 Å². The van der Waals surface area contributed by atoms with E-state index < -0.39 is 0 Å². The number of rotatable bonds is 1. The molecular formula is C11H11N3O. The second-order valence-electron chi connectivity index (χ2n) is 3.32. The van der Waals surface area contributed by atoms with E-state index >= 15 is 0 Å². The van der Waals surface area contributed by atoms with Gasteiger partial charge in [-0.05, 0) is 25.1 Å². The van der Waals surface area contributed by atoms with Gasteiger partial charge in [-0.3, -0.25) is 9.78 Å². The molecule has 0 N–H and O–H groups in total. The molecule has 0 radical (unpaired) electrons. The number of hydrogen-bond acceptors (Lipinski definition) is 3. The van der Waals surface area contributed by atoms with Gasteiger partial charge in [0.1, 0.15) is 0 Å². The van der Waals surface area contributed by atoms with E-state index in [0.717, 1.165) is 17.0 Å². The fourth-order valence-electron chi connectivity index (χ4n) is 1.40. The quantitative estimate of drug-likeness (QED) is 0.695. The van der Waals surface area contributed by atoms with Gasteiger partial charge in [-0.1, -0.05) is 0 Å². The van der Waals surface area contributed by atoms with Crippen molar-refractivity contribution in [2.45, 2.75) is 6.92 Å². The van der Waals surface area contributed by atoms with Gasteiger partial charge in [0.15, 0.2) is 0 Å². The third-order valence-corrected chi connectivity index (χ3v) is 2.24. The molecule has 0 saturated carbocycles. The first-order valence-electron chi connectivity index (χ1n) is 4.65. The van der Waals surface area contributed by atoms with Crippen molar-refractivity contribution < 1.29 is 0 Å². The van der Waals surface area contributed by atoms with E-state index in [1.165, 1.54) is 10.7 Å². The average Bonchev–Trinajstić information content (AvgIpc) is 2.23. The van der Waals surface area contributed by atoms with Crippen molar-refractivity contribution >= 4 is 0 Å². The highest BCUT2D eigenvalue weighted by Gasteiger charge is 2.04. The molecule has 0 atom stereocenters. The van der Waals surface area contributed by atoms with Crippen molar-refractivity contribution in [3.05, 3.63) is 46.5 Å². The highest BCUT2D eigenvalue weighted by Crippen LogP contribution is 2.17. The first kappa shape index (κ1) is 9.58. The Balaban J connectivity index is 2.60. The average molecular weight is 201 g/mol. The molecule has 4 nitrogen and oxygen atoms in total. The molecule has 0 amide bonds. The topological polar surface area (TPSA) is 47.8 Å². The summed E-state index contributed by atoms with van der Waals surface area (Å²) in [6.07, 6.45) is 1.74. The lowest BCUT2D eigenvalue weighted by Gasteiger charge is -2.04. The lowest BCUT2D eigenvalue weighted by molar-refractivity contribution is 0.711. The van der Waals surface area contributed by atoms with Crippen LogP contribution in [0.25, 0.3) is 11.3 Å². The molecule has 0 aromatic carbocycles. The summed E-state index contributed by atoms with van der Waals surface area (Å²) >= 11 is 0. The van der Waals surface area contributed by atoms with Crippen LogP contribution in [0.2, 0.25) is 0 Å². The molecule has 4 heteroatoms. The van der Waals surface area contributed by atoms with Crippen molar-refractivity contribution in [1.29, 1.82) is 0 Å². The SMILES string of the molecule is Cc1ncccc1-c1ccc(=O)n(C)n1. The fourth-order valence-corrected chi connectivity index (χ4v) is 1.40. The van der Waals surface area contributed by atoms with E-state index in [1.807, 2.05) is 19.1 Å². The Labute approximate surface area is 87.2 Å². The third-order valence-electron chi connectivity index (χ3n) is 2.24. The summed E-state index contributed by atoms with van der Waals surface area (Å²) in [5, 5.41) is 4.17. The number of nitrogens with zero attached hydrogens (tertiary/aromatic N) is 3. The summed E-state index contributed by atoms with van der Waals surface area (Å²) in [6, 6.07) is 7.02. The van der Waals surface area contributed by atoms with E-state index in [4.69, 9.17) is 0 Å². The van der Waals surface area contributed by atoms with E-state index in [9.17, 15) is 4.79 Å². The summed E-state index contributed by atoms with van der Waals surface area (Å²) < 4.78 is 1.32. The van der Waals surface area contributed by atoms with Crippen molar-refractivity contribution in [1.82, 2.24) is 14.8 Å². The minimum Gasteiger partial charge on any atom is -0.268 e. The number of aryl methyl sites for hydroxylation is 2. The summed E-state index contributed by atoms with van der Waals surface area (Å²) in [5.41, 5.74) is 2.51. The van der Waals surface area contributed by atoms with Crippen LogP contribution < -0.4 is 5.56 Å². The molecular weight excluding hydrogens is 190 g/mol. The lowest BCUT2D eigenvalue weighted by Crippen LogP contribution is -2.18. The van der Waals surface area contributed by atoms with Crippen LogP contribution in [0, 0.1) is 6.92 Å². The van der Waals surface area contributed by atoms with Crippen LogP contribution in [0.4, 0.5) is 0 Å². The Morgan fingerprint density at radius 3 is 2.73 bits per heavy atom. The molecule has 15 heavy (non-hydrogen) atoms. The second kappa shape index (κ2) is 3.65. The highest BCUT2D eigenvalue weighted by molar-refractivity contribution is 5.60. The number of hydrogen-bond donors (Lipinski definition) is 0. The Hall–Kier alpha value is -1.97. The second-order valence-corrected chi connectivity index (χ2v) is 3.32. The van der Waals surface area contributed by atoms with Crippen molar-refractivity contribution in [2.24, 2.45) is 7.05 Å². The molecule has 2 rings (SSSR count). The summed E-state index contributed by atoms with van der Waals surface area (Å²) in [6.45, 7) is 1.92. The Kier molecular flexibility index (Phi) is 2.33. The zero-order valence-corrected chi connectivity index (χ0v) is 8.64. The van der Waals surface area contributed by atoms with Gasteiger partial charge in [-0.2, -0.15) is 5.10 Å². The molecule has 0 fully saturated rings. The van der Waals surface area contributed by atoms with Crippen molar-refractivity contribution in [3.63, 3.8) is 0 Å². The maximum atomic E-state index is 11.2. The van der Waals surface area contributed by atoms with Crippen molar-refractivity contribution in [2.75, 3.05) is 0 Å². The molecule has 0 unspecified atom stereocenters. The standard InChI is InChI=1S/C11H11N3O/c1-8-9(4-3-7-12-8)10-5-6-11(15)14(2)13-10/h3-7H,1-2H3. The summed E-state index contributed by atoms with van der Waals surface area (Å²) in [7, 11) is 1.64. The number of pyridine rings is 1. The number of aromatic nitrogens is 3. The Morgan fingerprint density at radius 2 is 2.07 bits per heavy atom. The van der Waals surface area contributed by atoms with E-state index in [-0.39, 0.29) is 5.56 Å². The summed E-state index contributed by atoms with van der Waals surface area (Å²) in [5.74, 6) is 0. The van der Waals surface area contributed by atoms with Gasteiger partial charge in [0.25, 0.3) is 5.56 Å². The fraction of sp³-hybridized carbons (Fsp3) is 0.182. The zero-order chi connectivity index (χ0) is 10.8. The summed E-state index contributed by atoms with van der Waals surface area (Å²) in [4.78, 5) is 15.4. The highest BCUT2D eigenvalue weighted by atomic mass is 16.1. The van der Waals surface area contributed by atoms with Gasteiger partial charge < -0.3 is 0 Å². The normalized spacial score (nSPS) is 10.3. The van der Waals surface area contributed by atoms with Gasteiger partial charge in [-0.25, -0.2) is 4.68 Å². The smallest absolute Gasteiger partial charge is 0.266 e. The van der Waals surface area contributed by atoms with Crippen LogP contribution in [0.1, 0.15) is 5.69 Å². The maximum Gasteiger partial charge on any atom is 0.266 e. The minimum atomic E-state index is -0.111. The predicted molar refractivity (Wildman–Crippen MR) is 57.4 cm³/mol. The van der Waals surface area contributed by atoms with Crippen LogP contribution >= 0.6 is 0 Å². The van der Waals surface area contributed by atoms with E-state index in [0.29, 0.717) is 0 Å². The molecule has 0 aliphatic carbocycles. The molecule has 0 saturated heterocycles. The zero-order valence-electron chi connectivity index (χ0n) is 8.64. The molecule has 2 aromatic rings. The van der Waals surface area contributed by atoms with E-state index in [1.54, 1.807) is 19.3 Å². The largest absolute Gasteiger partial charge is 0.268 e. The van der Waals surface area contributed by atoms with Gasteiger partial charge in [0.05, 0.1) is 5.69 Å². The van der Waals surface area contributed by atoms with Crippen LogP contribution in [-0.2, 0) is 7.05 Å². The van der Waals surface area contributed by atoms with Crippen LogP contribution in [0.3, 0.4) is 0 Å². The van der Waals surface area contributed by atoms with Crippen molar-refractivity contribution in [3.8, 4) is 11.3 Å².